The number of hydrogen-bond acceptors (Lipinski definition) is 4. The van der Waals surface area contributed by atoms with Crippen molar-refractivity contribution in [3.05, 3.63) is 36.0 Å². The van der Waals surface area contributed by atoms with Gasteiger partial charge in [0.2, 0.25) is 0 Å². The number of fused-ring (bicyclic) bond motifs is 1. The minimum Gasteiger partial charge on any atom is -0.490 e. The Labute approximate surface area is 171 Å². The van der Waals surface area contributed by atoms with Gasteiger partial charge in [-0.2, -0.15) is 0 Å². The molecule has 1 aliphatic rings. The van der Waals surface area contributed by atoms with E-state index in [1.807, 2.05) is 18.2 Å². The van der Waals surface area contributed by atoms with Gasteiger partial charge in [0.25, 0.3) is 5.91 Å². The van der Waals surface area contributed by atoms with Crippen LogP contribution in [0, 0.1) is 11.3 Å². The smallest absolute Gasteiger partial charge is 0.326 e. The summed E-state index contributed by atoms with van der Waals surface area (Å²) in [5.74, 6) is -0.614. The number of pyridine rings is 1. The van der Waals surface area contributed by atoms with Crippen molar-refractivity contribution in [3.8, 4) is 5.75 Å². The Morgan fingerprint density at radius 3 is 2.59 bits per heavy atom. The number of carboxylic acids is 1. The lowest BCUT2D eigenvalue weighted by molar-refractivity contribution is -0.142. The molecule has 0 saturated heterocycles. The van der Waals surface area contributed by atoms with E-state index < -0.39 is 23.3 Å². The van der Waals surface area contributed by atoms with Crippen molar-refractivity contribution in [1.82, 2.24) is 10.3 Å². The Bertz CT molecular complexity index is 882. The van der Waals surface area contributed by atoms with Crippen LogP contribution >= 0.6 is 0 Å². The van der Waals surface area contributed by atoms with Gasteiger partial charge in [0.1, 0.15) is 11.6 Å². The fourth-order valence-corrected chi connectivity index (χ4v) is 3.86. The quantitative estimate of drug-likeness (QED) is 0.752. The molecule has 0 bridgehead atoms. The number of hydrogen-bond donors (Lipinski definition) is 2. The summed E-state index contributed by atoms with van der Waals surface area (Å²) >= 11 is 0. The summed E-state index contributed by atoms with van der Waals surface area (Å²) in [4.78, 5) is 29.2. The second-order valence-corrected chi connectivity index (χ2v) is 8.94. The largest absolute Gasteiger partial charge is 0.490 e. The average Bonchev–Trinajstić information content (AvgIpc) is 2.69. The molecule has 2 aromatic rings. The molecule has 0 radical (unpaired) electrons. The molecule has 6 heteroatoms. The predicted molar refractivity (Wildman–Crippen MR) is 112 cm³/mol. The first kappa shape index (κ1) is 21.1. The number of nitrogens with one attached hydrogen (secondary N) is 1. The standard InChI is InChI=1S/C23H30N2O4/c1-23(2,3)20(22(27)28)25-21(26)17-12-11-16-10-7-13-24-18(16)19(17)29-14-15-8-5-4-6-9-15/h7,10-13,15,20H,4-6,8-9,14H2,1-3H3,(H,25,26)(H,27,28). The normalized spacial score (nSPS) is 16.4. The minimum absolute atomic E-state index is 0.322. The molecule has 1 fully saturated rings. The van der Waals surface area contributed by atoms with E-state index in [4.69, 9.17) is 4.74 Å². The Balaban J connectivity index is 1.91. The molecule has 1 aromatic carbocycles. The molecule has 1 aromatic heterocycles. The Morgan fingerprint density at radius 1 is 1.21 bits per heavy atom. The van der Waals surface area contributed by atoms with E-state index in [-0.39, 0.29) is 0 Å². The molecule has 0 aliphatic heterocycles. The van der Waals surface area contributed by atoms with E-state index in [0.29, 0.717) is 29.4 Å². The zero-order chi connectivity index (χ0) is 21.0. The molecule has 0 spiro atoms. The molecule has 1 saturated carbocycles. The van der Waals surface area contributed by atoms with Crippen LogP contribution in [0.1, 0.15) is 63.2 Å². The van der Waals surface area contributed by atoms with Gasteiger partial charge in [0, 0.05) is 11.6 Å². The van der Waals surface area contributed by atoms with E-state index in [0.717, 1.165) is 18.2 Å². The third-order valence-corrected chi connectivity index (χ3v) is 5.55. The number of benzene rings is 1. The van der Waals surface area contributed by atoms with E-state index >= 15 is 0 Å². The molecule has 156 valence electrons. The summed E-state index contributed by atoms with van der Waals surface area (Å²) in [5.41, 5.74) is 0.320. The van der Waals surface area contributed by atoms with Crippen LogP contribution in [0.15, 0.2) is 30.5 Å². The molecular weight excluding hydrogens is 368 g/mol. The lowest BCUT2D eigenvalue weighted by Gasteiger charge is -2.28. The van der Waals surface area contributed by atoms with Gasteiger partial charge in [-0.3, -0.25) is 9.78 Å². The predicted octanol–water partition coefficient (Wildman–Crippen LogP) is 4.42. The van der Waals surface area contributed by atoms with Crippen LogP contribution in [0.5, 0.6) is 5.75 Å². The molecular formula is C23H30N2O4. The maximum absolute atomic E-state index is 13.0. The van der Waals surface area contributed by atoms with Gasteiger partial charge in [0.05, 0.1) is 12.2 Å². The molecule has 6 nitrogen and oxygen atoms in total. The van der Waals surface area contributed by atoms with E-state index in [1.165, 1.54) is 19.3 Å². The van der Waals surface area contributed by atoms with Gasteiger partial charge < -0.3 is 15.2 Å². The first-order valence-corrected chi connectivity index (χ1v) is 10.3. The Kier molecular flexibility index (Phi) is 6.40. The number of carbonyl (C=O) groups excluding carboxylic acids is 1. The molecule has 2 N–H and O–H groups in total. The van der Waals surface area contributed by atoms with Crippen molar-refractivity contribution in [2.75, 3.05) is 6.61 Å². The van der Waals surface area contributed by atoms with Crippen molar-refractivity contribution in [3.63, 3.8) is 0 Å². The number of aromatic nitrogens is 1. The Hall–Kier alpha value is -2.63. The maximum Gasteiger partial charge on any atom is 0.326 e. The van der Waals surface area contributed by atoms with Crippen LogP contribution in [0.2, 0.25) is 0 Å². The van der Waals surface area contributed by atoms with Crippen LogP contribution in [0.4, 0.5) is 0 Å². The SMILES string of the molecule is CC(C)(C)C(NC(=O)c1ccc2cccnc2c1OCC1CCCCC1)C(=O)O. The van der Waals surface area contributed by atoms with Gasteiger partial charge in [-0.25, -0.2) is 4.79 Å². The second kappa shape index (κ2) is 8.80. The number of rotatable bonds is 6. The third kappa shape index (κ3) is 5.05. The summed E-state index contributed by atoms with van der Waals surface area (Å²) in [6.07, 6.45) is 7.62. The fourth-order valence-electron chi connectivity index (χ4n) is 3.86. The van der Waals surface area contributed by atoms with Crippen LogP contribution in [0.25, 0.3) is 10.9 Å². The third-order valence-electron chi connectivity index (χ3n) is 5.55. The lowest BCUT2D eigenvalue weighted by Crippen LogP contribution is -2.49. The molecule has 29 heavy (non-hydrogen) atoms. The summed E-state index contributed by atoms with van der Waals surface area (Å²) in [6.45, 7) is 5.90. The van der Waals surface area contributed by atoms with Crippen molar-refractivity contribution in [1.29, 1.82) is 0 Å². The molecule has 1 atom stereocenters. The van der Waals surface area contributed by atoms with Gasteiger partial charge >= 0.3 is 5.97 Å². The van der Waals surface area contributed by atoms with Gasteiger partial charge in [0.15, 0.2) is 5.75 Å². The highest BCUT2D eigenvalue weighted by Gasteiger charge is 2.33. The van der Waals surface area contributed by atoms with Crippen molar-refractivity contribution in [2.45, 2.75) is 58.9 Å². The van der Waals surface area contributed by atoms with Crippen LogP contribution < -0.4 is 10.1 Å². The highest BCUT2D eigenvalue weighted by molar-refractivity contribution is 6.04. The van der Waals surface area contributed by atoms with Crippen molar-refractivity contribution < 1.29 is 19.4 Å². The van der Waals surface area contributed by atoms with E-state index in [2.05, 4.69) is 10.3 Å². The minimum atomic E-state index is -1.06. The topological polar surface area (TPSA) is 88.5 Å². The summed E-state index contributed by atoms with van der Waals surface area (Å²) in [5, 5.41) is 13.1. The molecule has 1 heterocycles. The first-order valence-electron chi connectivity index (χ1n) is 10.3. The maximum atomic E-state index is 13.0. The first-order chi connectivity index (χ1) is 13.8. The highest BCUT2D eigenvalue weighted by Crippen LogP contribution is 2.31. The molecule has 3 rings (SSSR count). The summed E-state index contributed by atoms with van der Waals surface area (Å²) in [7, 11) is 0. The number of ether oxygens (including phenoxy) is 1. The van der Waals surface area contributed by atoms with Crippen molar-refractivity contribution >= 4 is 22.8 Å². The second-order valence-electron chi connectivity index (χ2n) is 8.94. The van der Waals surface area contributed by atoms with E-state index in [9.17, 15) is 14.7 Å². The Morgan fingerprint density at radius 2 is 1.93 bits per heavy atom. The summed E-state index contributed by atoms with van der Waals surface area (Å²) < 4.78 is 6.17. The van der Waals surface area contributed by atoms with Crippen molar-refractivity contribution in [2.24, 2.45) is 11.3 Å². The van der Waals surface area contributed by atoms with Gasteiger partial charge in [-0.05, 0) is 36.3 Å². The molecule has 1 aliphatic carbocycles. The summed E-state index contributed by atoms with van der Waals surface area (Å²) in [6, 6.07) is 6.26. The number of carboxylic acid groups (broad SMARTS) is 1. The lowest BCUT2D eigenvalue weighted by atomic mass is 9.86. The number of nitrogens with zero attached hydrogens (tertiary/aromatic N) is 1. The number of carbonyl (C=O) groups is 2. The number of aliphatic carboxylic acids is 1. The van der Waals surface area contributed by atoms with Gasteiger partial charge in [-0.1, -0.05) is 52.2 Å². The zero-order valence-electron chi connectivity index (χ0n) is 17.4. The van der Waals surface area contributed by atoms with Crippen LogP contribution in [-0.4, -0.2) is 34.6 Å². The zero-order valence-corrected chi connectivity index (χ0v) is 17.4. The fraction of sp³-hybridized carbons (Fsp3) is 0.522. The van der Waals surface area contributed by atoms with Crippen LogP contribution in [0.3, 0.4) is 0 Å². The highest BCUT2D eigenvalue weighted by atomic mass is 16.5. The number of amides is 1. The van der Waals surface area contributed by atoms with Crippen LogP contribution in [-0.2, 0) is 4.79 Å². The monoisotopic (exact) mass is 398 g/mol. The average molecular weight is 399 g/mol. The molecule has 1 amide bonds. The molecule has 1 unspecified atom stereocenters. The van der Waals surface area contributed by atoms with E-state index in [1.54, 1.807) is 33.0 Å². The van der Waals surface area contributed by atoms with Gasteiger partial charge in [-0.15, -0.1) is 0 Å².